The van der Waals surface area contributed by atoms with Gasteiger partial charge in [0.2, 0.25) is 5.91 Å². The molecule has 0 radical (unpaired) electrons. The Morgan fingerprint density at radius 2 is 1.96 bits per heavy atom. The van der Waals surface area contributed by atoms with Crippen LogP contribution in [0.25, 0.3) is 0 Å². The molecule has 1 fully saturated rings. The maximum atomic E-state index is 12.1. The molecule has 1 saturated heterocycles. The lowest BCUT2D eigenvalue weighted by Crippen LogP contribution is -2.41. The zero-order valence-corrected chi connectivity index (χ0v) is 14.6. The summed E-state index contributed by atoms with van der Waals surface area (Å²) >= 11 is 0. The Bertz CT molecular complexity index is 673. The number of benzene rings is 1. The Morgan fingerprint density at radius 1 is 1.25 bits per heavy atom. The van der Waals surface area contributed by atoms with Gasteiger partial charge in [-0.2, -0.15) is 0 Å². The number of amides is 1. The van der Waals surface area contributed by atoms with Crippen LogP contribution in [0.5, 0.6) is 0 Å². The second-order valence-corrected chi connectivity index (χ2v) is 8.41. The lowest BCUT2D eigenvalue weighted by Gasteiger charge is -2.11. The number of carbonyl (C=O) groups is 2. The summed E-state index contributed by atoms with van der Waals surface area (Å²) in [4.78, 5) is 23.3. The molecule has 0 spiro atoms. The van der Waals surface area contributed by atoms with E-state index in [1.165, 1.54) is 6.92 Å². The zero-order valence-electron chi connectivity index (χ0n) is 13.8. The Morgan fingerprint density at radius 3 is 2.58 bits per heavy atom. The van der Waals surface area contributed by atoms with Crippen molar-refractivity contribution in [3.63, 3.8) is 0 Å². The molecule has 2 rings (SSSR count). The van der Waals surface area contributed by atoms with E-state index in [0.29, 0.717) is 25.9 Å². The monoisotopic (exact) mass is 352 g/mol. The summed E-state index contributed by atoms with van der Waals surface area (Å²) in [7, 11) is -3.18. The lowest BCUT2D eigenvalue weighted by molar-refractivity contribution is -0.123. The van der Waals surface area contributed by atoms with Gasteiger partial charge in [0.15, 0.2) is 9.84 Å². The smallest absolute Gasteiger partial charge is 0.237 e. The molecule has 0 bridgehead atoms. The number of hydrogen-bond donors (Lipinski definition) is 2. The summed E-state index contributed by atoms with van der Waals surface area (Å²) in [6.45, 7) is 2.37. The van der Waals surface area contributed by atoms with Crippen LogP contribution in [-0.4, -0.2) is 45.0 Å². The quantitative estimate of drug-likeness (QED) is 0.671. The summed E-state index contributed by atoms with van der Waals surface area (Å²) in [5.74, 6) is -0.126. The molecule has 2 atom stereocenters. The van der Waals surface area contributed by atoms with Crippen LogP contribution in [0, 0.1) is 5.92 Å². The van der Waals surface area contributed by atoms with Crippen molar-refractivity contribution in [3.05, 3.63) is 35.9 Å². The molecule has 1 amide bonds. The molecular formula is C17H24N2O4S. The molecule has 1 aromatic rings. The molecule has 0 saturated carbocycles. The van der Waals surface area contributed by atoms with Crippen LogP contribution in [0.4, 0.5) is 0 Å². The minimum absolute atomic E-state index is 0.0201. The highest BCUT2D eigenvalue weighted by Crippen LogP contribution is 2.14. The number of ketones is 1. The molecule has 7 heteroatoms. The van der Waals surface area contributed by atoms with Crippen molar-refractivity contribution >= 4 is 21.5 Å². The van der Waals surface area contributed by atoms with Gasteiger partial charge in [-0.1, -0.05) is 30.3 Å². The van der Waals surface area contributed by atoms with Gasteiger partial charge in [0, 0.05) is 19.0 Å². The van der Waals surface area contributed by atoms with E-state index in [9.17, 15) is 18.0 Å². The first-order chi connectivity index (χ1) is 11.4. The maximum absolute atomic E-state index is 12.1. The van der Waals surface area contributed by atoms with E-state index in [0.717, 1.165) is 5.56 Å². The van der Waals surface area contributed by atoms with Crippen LogP contribution in [-0.2, 0) is 25.2 Å². The van der Waals surface area contributed by atoms with Crippen LogP contribution in [0.2, 0.25) is 0 Å². The van der Waals surface area contributed by atoms with Gasteiger partial charge >= 0.3 is 0 Å². The van der Waals surface area contributed by atoms with E-state index in [-0.39, 0.29) is 35.2 Å². The van der Waals surface area contributed by atoms with Gasteiger partial charge in [-0.3, -0.25) is 9.59 Å². The summed E-state index contributed by atoms with van der Waals surface area (Å²) in [5, 5.41) is 5.77. The Hall–Kier alpha value is -1.73. The first-order valence-corrected chi connectivity index (χ1v) is 9.95. The van der Waals surface area contributed by atoms with Crippen LogP contribution in [0.15, 0.2) is 30.3 Å². The number of Topliss-reactive ketones (excluding diaryl/α,β-unsaturated/α-hetero) is 1. The highest BCUT2D eigenvalue weighted by Gasteiger charge is 2.31. The predicted molar refractivity (Wildman–Crippen MR) is 92.1 cm³/mol. The van der Waals surface area contributed by atoms with Crippen molar-refractivity contribution in [1.82, 2.24) is 10.6 Å². The molecule has 132 valence electrons. The Balaban J connectivity index is 1.69. The second-order valence-electron chi connectivity index (χ2n) is 6.23. The van der Waals surface area contributed by atoms with Crippen molar-refractivity contribution < 1.29 is 18.0 Å². The molecule has 0 aromatic heterocycles. The SMILES string of the molecule is CC(=O)C1CNC(C(=O)NCCCS(=O)(=O)Cc2ccccc2)C1. The normalized spacial score (nSPS) is 20.7. The fourth-order valence-corrected chi connectivity index (χ4v) is 4.20. The first-order valence-electron chi connectivity index (χ1n) is 8.13. The van der Waals surface area contributed by atoms with Crippen LogP contribution in [0.1, 0.15) is 25.3 Å². The summed E-state index contributed by atoms with van der Waals surface area (Å²) < 4.78 is 24.1. The number of nitrogens with one attached hydrogen (secondary N) is 2. The third-order valence-electron chi connectivity index (χ3n) is 4.18. The van der Waals surface area contributed by atoms with Gasteiger partial charge in [-0.15, -0.1) is 0 Å². The average molecular weight is 352 g/mol. The molecule has 0 aliphatic carbocycles. The summed E-state index contributed by atoms with van der Waals surface area (Å²) in [6, 6.07) is 8.69. The van der Waals surface area contributed by atoms with Crippen molar-refractivity contribution in [3.8, 4) is 0 Å². The fourth-order valence-electron chi connectivity index (χ4n) is 2.77. The van der Waals surface area contributed by atoms with Gasteiger partial charge in [0.1, 0.15) is 5.78 Å². The van der Waals surface area contributed by atoms with Crippen LogP contribution < -0.4 is 10.6 Å². The van der Waals surface area contributed by atoms with Crippen molar-refractivity contribution in [2.45, 2.75) is 31.6 Å². The average Bonchev–Trinajstić information content (AvgIpc) is 3.02. The number of rotatable bonds is 8. The minimum atomic E-state index is -3.18. The molecule has 1 aromatic carbocycles. The largest absolute Gasteiger partial charge is 0.355 e. The highest BCUT2D eigenvalue weighted by atomic mass is 32.2. The zero-order chi connectivity index (χ0) is 17.6. The van der Waals surface area contributed by atoms with Crippen molar-refractivity contribution in [2.75, 3.05) is 18.8 Å². The van der Waals surface area contributed by atoms with E-state index in [2.05, 4.69) is 10.6 Å². The van der Waals surface area contributed by atoms with E-state index in [1.807, 2.05) is 18.2 Å². The summed E-state index contributed by atoms with van der Waals surface area (Å²) in [6.07, 6.45) is 0.886. The van der Waals surface area contributed by atoms with Gasteiger partial charge in [-0.05, 0) is 25.3 Å². The summed E-state index contributed by atoms with van der Waals surface area (Å²) in [5.41, 5.74) is 0.770. The minimum Gasteiger partial charge on any atom is -0.355 e. The fraction of sp³-hybridized carbons (Fsp3) is 0.529. The molecule has 24 heavy (non-hydrogen) atoms. The topological polar surface area (TPSA) is 92.3 Å². The maximum Gasteiger partial charge on any atom is 0.237 e. The van der Waals surface area contributed by atoms with Gasteiger partial charge in [0.05, 0.1) is 17.5 Å². The molecular weight excluding hydrogens is 328 g/mol. The molecule has 1 heterocycles. The molecule has 1 aliphatic rings. The third kappa shape index (κ3) is 5.72. The van der Waals surface area contributed by atoms with Crippen molar-refractivity contribution in [2.24, 2.45) is 5.92 Å². The number of sulfone groups is 1. The first kappa shape index (κ1) is 18.6. The second kappa shape index (κ2) is 8.39. The molecule has 2 N–H and O–H groups in total. The number of carbonyl (C=O) groups excluding carboxylic acids is 2. The van der Waals surface area contributed by atoms with E-state index in [4.69, 9.17) is 0 Å². The molecule has 6 nitrogen and oxygen atoms in total. The van der Waals surface area contributed by atoms with Crippen LogP contribution >= 0.6 is 0 Å². The highest BCUT2D eigenvalue weighted by molar-refractivity contribution is 7.90. The Labute approximate surface area is 142 Å². The van der Waals surface area contributed by atoms with Crippen LogP contribution in [0.3, 0.4) is 0 Å². The van der Waals surface area contributed by atoms with E-state index in [1.54, 1.807) is 12.1 Å². The van der Waals surface area contributed by atoms with Crippen molar-refractivity contribution in [1.29, 1.82) is 0 Å². The molecule has 1 aliphatic heterocycles. The van der Waals surface area contributed by atoms with E-state index < -0.39 is 9.84 Å². The van der Waals surface area contributed by atoms with Gasteiger partial charge < -0.3 is 10.6 Å². The standard InChI is InChI=1S/C17H24N2O4S/c1-13(20)15-10-16(19-11-15)17(21)18-8-5-9-24(22,23)12-14-6-3-2-4-7-14/h2-4,6-7,15-16,19H,5,8-12H2,1H3,(H,18,21). The molecule has 2 unspecified atom stereocenters. The lowest BCUT2D eigenvalue weighted by atomic mass is 10.0. The predicted octanol–water partition coefficient (Wildman–Crippen LogP) is 0.675. The number of hydrogen-bond acceptors (Lipinski definition) is 5. The van der Waals surface area contributed by atoms with Gasteiger partial charge in [0.25, 0.3) is 0 Å². The van der Waals surface area contributed by atoms with E-state index >= 15 is 0 Å². The van der Waals surface area contributed by atoms with Gasteiger partial charge in [-0.25, -0.2) is 8.42 Å². The third-order valence-corrected chi connectivity index (χ3v) is 5.87. The Kier molecular flexibility index (Phi) is 6.51.